The van der Waals surface area contributed by atoms with Gasteiger partial charge in [-0.3, -0.25) is 4.79 Å². The van der Waals surface area contributed by atoms with Gasteiger partial charge in [-0.05, 0) is 43.2 Å². The number of aromatic nitrogens is 1. The van der Waals surface area contributed by atoms with E-state index in [1.165, 1.54) is 22.5 Å². The second kappa shape index (κ2) is 6.65. The van der Waals surface area contributed by atoms with Crippen LogP contribution in [0.4, 0.5) is 0 Å². The van der Waals surface area contributed by atoms with Crippen LogP contribution < -0.4 is 5.32 Å². The zero-order valence-electron chi connectivity index (χ0n) is 14.0. The zero-order chi connectivity index (χ0) is 17.2. The quantitative estimate of drug-likeness (QED) is 0.580. The first-order chi connectivity index (χ1) is 12.2. The fraction of sp³-hybridized carbons (Fsp3) is 0.143. The Balaban J connectivity index is 1.52. The van der Waals surface area contributed by atoms with E-state index in [9.17, 15) is 4.79 Å². The van der Waals surface area contributed by atoms with E-state index >= 15 is 0 Å². The second-order valence-corrected chi connectivity index (χ2v) is 7.21. The van der Waals surface area contributed by atoms with Crippen molar-refractivity contribution in [2.75, 3.05) is 6.54 Å². The van der Waals surface area contributed by atoms with Gasteiger partial charge in [0.15, 0.2) is 0 Å². The van der Waals surface area contributed by atoms with Crippen molar-refractivity contribution < 1.29 is 4.79 Å². The topological polar surface area (TPSA) is 42.0 Å². The Labute approximate surface area is 150 Å². The van der Waals surface area contributed by atoms with Crippen molar-refractivity contribution in [2.45, 2.75) is 13.3 Å². The van der Waals surface area contributed by atoms with Gasteiger partial charge in [-0.25, -0.2) is 4.98 Å². The van der Waals surface area contributed by atoms with E-state index < -0.39 is 0 Å². The van der Waals surface area contributed by atoms with Gasteiger partial charge < -0.3 is 5.32 Å². The zero-order valence-corrected chi connectivity index (χ0v) is 14.8. The Morgan fingerprint density at radius 2 is 1.88 bits per heavy atom. The number of rotatable bonds is 4. The molecule has 0 aliphatic heterocycles. The minimum Gasteiger partial charge on any atom is -0.351 e. The summed E-state index contributed by atoms with van der Waals surface area (Å²) in [5.41, 5.74) is 3.40. The third-order valence-electron chi connectivity index (χ3n) is 4.22. The molecule has 25 heavy (non-hydrogen) atoms. The molecule has 0 aliphatic rings. The van der Waals surface area contributed by atoms with Crippen molar-refractivity contribution >= 4 is 38.4 Å². The summed E-state index contributed by atoms with van der Waals surface area (Å²) in [6.07, 6.45) is 0.832. The molecule has 124 valence electrons. The summed E-state index contributed by atoms with van der Waals surface area (Å²) in [6, 6.07) is 20.4. The molecule has 0 aliphatic carbocycles. The number of aryl methyl sites for hydroxylation is 1. The van der Waals surface area contributed by atoms with Crippen LogP contribution in [0.1, 0.15) is 20.8 Å². The summed E-state index contributed by atoms with van der Waals surface area (Å²) >= 11 is 1.45. The van der Waals surface area contributed by atoms with Crippen LogP contribution in [0.25, 0.3) is 21.1 Å². The number of nitrogens with one attached hydrogen (secondary N) is 1. The Morgan fingerprint density at radius 3 is 2.72 bits per heavy atom. The van der Waals surface area contributed by atoms with Crippen LogP contribution in [0.5, 0.6) is 0 Å². The van der Waals surface area contributed by atoms with Crippen molar-refractivity contribution in [3.05, 3.63) is 76.7 Å². The van der Waals surface area contributed by atoms with Gasteiger partial charge in [0.05, 0.1) is 10.4 Å². The van der Waals surface area contributed by atoms with Gasteiger partial charge in [-0.2, -0.15) is 0 Å². The normalized spacial score (nSPS) is 11.1. The van der Waals surface area contributed by atoms with E-state index in [2.05, 4.69) is 47.6 Å². The van der Waals surface area contributed by atoms with Gasteiger partial charge in [-0.15, -0.1) is 11.3 Å². The van der Waals surface area contributed by atoms with Crippen LogP contribution in [0.15, 0.2) is 60.7 Å². The highest BCUT2D eigenvalue weighted by atomic mass is 32.1. The SMILES string of the molecule is Cc1ccc2nc3sc(C(=O)NCCc4ccccc4)cc3cc2c1. The summed E-state index contributed by atoms with van der Waals surface area (Å²) in [4.78, 5) is 18.7. The highest BCUT2D eigenvalue weighted by Gasteiger charge is 2.11. The Morgan fingerprint density at radius 1 is 1.04 bits per heavy atom. The van der Waals surface area contributed by atoms with Crippen molar-refractivity contribution in [3.63, 3.8) is 0 Å². The van der Waals surface area contributed by atoms with Gasteiger partial charge in [-0.1, -0.05) is 42.0 Å². The molecule has 1 N–H and O–H groups in total. The lowest BCUT2D eigenvalue weighted by Gasteiger charge is -2.03. The molecule has 0 radical (unpaired) electrons. The van der Waals surface area contributed by atoms with E-state index in [0.717, 1.165) is 27.5 Å². The van der Waals surface area contributed by atoms with Crippen LogP contribution in [-0.4, -0.2) is 17.4 Å². The number of carbonyl (C=O) groups excluding carboxylic acids is 1. The lowest BCUT2D eigenvalue weighted by Crippen LogP contribution is -2.24. The van der Waals surface area contributed by atoms with Crippen LogP contribution >= 0.6 is 11.3 Å². The number of benzene rings is 2. The van der Waals surface area contributed by atoms with Gasteiger partial charge >= 0.3 is 0 Å². The molecular formula is C21H18N2OS. The first-order valence-electron chi connectivity index (χ1n) is 8.32. The monoisotopic (exact) mass is 346 g/mol. The molecule has 3 nitrogen and oxygen atoms in total. The molecule has 2 aromatic heterocycles. The highest BCUT2D eigenvalue weighted by molar-refractivity contribution is 7.20. The summed E-state index contributed by atoms with van der Waals surface area (Å²) < 4.78 is 0. The fourth-order valence-corrected chi connectivity index (χ4v) is 3.86. The van der Waals surface area contributed by atoms with Crippen LogP contribution in [0.2, 0.25) is 0 Å². The summed E-state index contributed by atoms with van der Waals surface area (Å²) in [5, 5.41) is 5.14. The number of thiophene rings is 1. The Bertz CT molecular complexity index is 1050. The molecule has 4 rings (SSSR count). The van der Waals surface area contributed by atoms with Crippen molar-refractivity contribution in [3.8, 4) is 0 Å². The molecule has 0 fully saturated rings. The van der Waals surface area contributed by atoms with Gasteiger partial charge in [0, 0.05) is 17.3 Å². The third kappa shape index (κ3) is 3.39. The van der Waals surface area contributed by atoms with Gasteiger partial charge in [0.2, 0.25) is 0 Å². The number of fused-ring (bicyclic) bond motifs is 2. The summed E-state index contributed by atoms with van der Waals surface area (Å²) in [7, 11) is 0. The molecule has 2 heterocycles. The van der Waals surface area contributed by atoms with E-state index in [1.807, 2.05) is 30.3 Å². The fourth-order valence-electron chi connectivity index (χ4n) is 2.92. The molecule has 4 heteroatoms. The maximum Gasteiger partial charge on any atom is 0.261 e. The maximum atomic E-state index is 12.4. The average Bonchev–Trinajstić information content (AvgIpc) is 3.03. The molecule has 0 bridgehead atoms. The lowest BCUT2D eigenvalue weighted by atomic mass is 10.1. The number of amides is 1. The Hall–Kier alpha value is -2.72. The average molecular weight is 346 g/mol. The van der Waals surface area contributed by atoms with Gasteiger partial charge in [0.25, 0.3) is 5.91 Å². The number of pyridine rings is 1. The summed E-state index contributed by atoms with van der Waals surface area (Å²) in [5.74, 6) is -0.0285. The largest absolute Gasteiger partial charge is 0.351 e. The van der Waals surface area contributed by atoms with Crippen molar-refractivity contribution in [1.82, 2.24) is 10.3 Å². The highest BCUT2D eigenvalue weighted by Crippen LogP contribution is 2.27. The van der Waals surface area contributed by atoms with Gasteiger partial charge in [0.1, 0.15) is 4.83 Å². The molecule has 4 aromatic rings. The lowest BCUT2D eigenvalue weighted by molar-refractivity contribution is 0.0958. The summed E-state index contributed by atoms with van der Waals surface area (Å²) in [6.45, 7) is 2.70. The second-order valence-electron chi connectivity index (χ2n) is 6.18. The first kappa shape index (κ1) is 15.8. The molecule has 0 saturated heterocycles. The predicted molar refractivity (Wildman–Crippen MR) is 104 cm³/mol. The minimum absolute atomic E-state index is 0.0285. The number of nitrogens with zero attached hydrogens (tertiary/aromatic N) is 1. The standard InChI is InChI=1S/C21H18N2OS/c1-14-7-8-18-16(11-14)12-17-13-19(25-21(17)23-18)20(24)22-10-9-15-5-3-2-4-6-15/h2-8,11-13H,9-10H2,1H3,(H,22,24). The molecule has 0 unspecified atom stereocenters. The predicted octanol–water partition coefficient (Wildman–Crippen LogP) is 4.73. The maximum absolute atomic E-state index is 12.4. The Kier molecular flexibility index (Phi) is 4.20. The van der Waals surface area contributed by atoms with Crippen LogP contribution in [0, 0.1) is 6.92 Å². The van der Waals surface area contributed by atoms with Crippen molar-refractivity contribution in [1.29, 1.82) is 0 Å². The molecular weight excluding hydrogens is 328 g/mol. The molecule has 1 amide bonds. The van der Waals surface area contributed by atoms with Crippen molar-refractivity contribution in [2.24, 2.45) is 0 Å². The van der Waals surface area contributed by atoms with E-state index in [0.29, 0.717) is 11.4 Å². The molecule has 0 spiro atoms. The van der Waals surface area contributed by atoms with E-state index in [-0.39, 0.29) is 5.91 Å². The number of carbonyl (C=O) groups is 1. The van der Waals surface area contributed by atoms with Crippen LogP contribution in [-0.2, 0) is 6.42 Å². The van der Waals surface area contributed by atoms with E-state index in [1.54, 1.807) is 0 Å². The minimum atomic E-state index is -0.0285. The smallest absolute Gasteiger partial charge is 0.261 e. The number of hydrogen-bond acceptors (Lipinski definition) is 3. The third-order valence-corrected chi connectivity index (χ3v) is 5.27. The molecule has 2 aromatic carbocycles. The van der Waals surface area contributed by atoms with Crippen LogP contribution in [0.3, 0.4) is 0 Å². The van der Waals surface area contributed by atoms with E-state index in [4.69, 9.17) is 0 Å². The molecule has 0 atom stereocenters. The molecule has 0 saturated carbocycles. The number of hydrogen-bond donors (Lipinski definition) is 1. The first-order valence-corrected chi connectivity index (χ1v) is 9.14.